The highest BCUT2D eigenvalue weighted by atomic mass is 35.5. The number of anilines is 1. The highest BCUT2D eigenvalue weighted by Gasteiger charge is 2.32. The molecule has 0 fully saturated rings. The monoisotopic (exact) mass is 391 g/mol. The SMILES string of the molecule is COc1cc(Cl)c(C)cc1NC(=O)COc1ccc(F)c2c1C(=O)C[C@@H]2C. The van der Waals surface area contributed by atoms with Gasteiger partial charge in [0.15, 0.2) is 12.4 Å². The van der Waals surface area contributed by atoms with E-state index in [9.17, 15) is 14.0 Å². The third-order valence-electron chi connectivity index (χ3n) is 4.53. The Labute approximate surface area is 161 Å². The van der Waals surface area contributed by atoms with Crippen molar-refractivity contribution in [2.45, 2.75) is 26.2 Å². The van der Waals surface area contributed by atoms with E-state index in [1.807, 2.05) is 6.92 Å². The van der Waals surface area contributed by atoms with Gasteiger partial charge in [0.1, 0.15) is 17.3 Å². The van der Waals surface area contributed by atoms with Crippen molar-refractivity contribution in [3.63, 3.8) is 0 Å². The summed E-state index contributed by atoms with van der Waals surface area (Å²) in [5, 5.41) is 3.22. The second-order valence-corrected chi connectivity index (χ2v) is 6.91. The number of ketones is 1. The standard InChI is InChI=1S/C20H19ClFNO4/c1-10-6-14(17(26-3)8-12(10)21)23-18(25)9-27-16-5-4-13(22)19-11(2)7-15(24)20(16)19/h4-6,8,11H,7,9H2,1-3H3,(H,23,25)/t11-/m0/s1. The van der Waals surface area contributed by atoms with E-state index in [0.29, 0.717) is 22.0 Å². The summed E-state index contributed by atoms with van der Waals surface area (Å²) in [4.78, 5) is 24.4. The number of Topliss-reactive ketones (excluding diaryl/α,β-unsaturated/α-hetero) is 1. The molecule has 0 aromatic heterocycles. The first-order chi connectivity index (χ1) is 12.8. The van der Waals surface area contributed by atoms with E-state index in [0.717, 1.165) is 5.56 Å². The summed E-state index contributed by atoms with van der Waals surface area (Å²) >= 11 is 6.05. The quantitative estimate of drug-likeness (QED) is 0.814. The molecular formula is C20H19ClFNO4. The molecule has 0 spiro atoms. The summed E-state index contributed by atoms with van der Waals surface area (Å²) in [7, 11) is 1.47. The molecule has 1 N–H and O–H groups in total. The number of rotatable bonds is 5. The van der Waals surface area contributed by atoms with Gasteiger partial charge in [0, 0.05) is 23.1 Å². The number of hydrogen-bond acceptors (Lipinski definition) is 4. The van der Waals surface area contributed by atoms with Crippen molar-refractivity contribution in [1.29, 1.82) is 0 Å². The minimum Gasteiger partial charge on any atom is -0.495 e. The Balaban J connectivity index is 1.75. The molecule has 27 heavy (non-hydrogen) atoms. The van der Waals surface area contributed by atoms with Crippen molar-refractivity contribution < 1.29 is 23.5 Å². The van der Waals surface area contributed by atoms with Crippen molar-refractivity contribution in [2.24, 2.45) is 0 Å². The molecule has 0 bridgehead atoms. The van der Waals surface area contributed by atoms with Gasteiger partial charge in [-0.15, -0.1) is 0 Å². The van der Waals surface area contributed by atoms with Crippen molar-refractivity contribution in [3.05, 3.63) is 51.8 Å². The van der Waals surface area contributed by atoms with Crippen LogP contribution in [0.3, 0.4) is 0 Å². The van der Waals surface area contributed by atoms with Crippen LogP contribution in [0.2, 0.25) is 5.02 Å². The molecule has 0 radical (unpaired) electrons. The predicted octanol–water partition coefficient (Wildman–Crippen LogP) is 4.50. The molecule has 0 unspecified atom stereocenters. The molecule has 142 valence electrons. The minimum atomic E-state index is -0.438. The van der Waals surface area contributed by atoms with Crippen LogP contribution in [0.5, 0.6) is 11.5 Å². The molecular weight excluding hydrogens is 373 g/mol. The van der Waals surface area contributed by atoms with Crippen LogP contribution < -0.4 is 14.8 Å². The molecule has 0 heterocycles. The fraction of sp³-hybridized carbons (Fsp3) is 0.300. The van der Waals surface area contributed by atoms with Crippen molar-refractivity contribution in [3.8, 4) is 11.5 Å². The lowest BCUT2D eigenvalue weighted by Gasteiger charge is -2.14. The maximum atomic E-state index is 14.0. The van der Waals surface area contributed by atoms with Crippen LogP contribution in [-0.2, 0) is 4.79 Å². The molecule has 7 heteroatoms. The van der Waals surface area contributed by atoms with Gasteiger partial charge in [-0.2, -0.15) is 0 Å². The number of ether oxygens (including phenoxy) is 2. The van der Waals surface area contributed by atoms with Crippen molar-refractivity contribution in [2.75, 3.05) is 19.0 Å². The Morgan fingerprint density at radius 3 is 2.78 bits per heavy atom. The van der Waals surface area contributed by atoms with Gasteiger partial charge in [0.05, 0.1) is 18.4 Å². The first-order valence-corrected chi connectivity index (χ1v) is 8.82. The van der Waals surface area contributed by atoms with Gasteiger partial charge in [-0.3, -0.25) is 9.59 Å². The Kier molecular flexibility index (Phi) is 5.37. The molecule has 2 aromatic carbocycles. The van der Waals surface area contributed by atoms with Crippen LogP contribution in [0.4, 0.5) is 10.1 Å². The van der Waals surface area contributed by atoms with Gasteiger partial charge in [-0.1, -0.05) is 18.5 Å². The highest BCUT2D eigenvalue weighted by Crippen LogP contribution is 2.39. The number of carbonyl (C=O) groups is 2. The van der Waals surface area contributed by atoms with Gasteiger partial charge in [0.25, 0.3) is 5.91 Å². The number of methoxy groups -OCH3 is 1. The Bertz CT molecular complexity index is 929. The first kappa shape index (κ1) is 19.2. The first-order valence-electron chi connectivity index (χ1n) is 8.44. The van der Waals surface area contributed by atoms with Gasteiger partial charge in [-0.05, 0) is 36.6 Å². The molecule has 0 saturated heterocycles. The van der Waals surface area contributed by atoms with E-state index >= 15 is 0 Å². The lowest BCUT2D eigenvalue weighted by molar-refractivity contribution is -0.118. The van der Waals surface area contributed by atoms with E-state index in [-0.39, 0.29) is 36.0 Å². The number of nitrogens with one attached hydrogen (secondary N) is 1. The summed E-state index contributed by atoms with van der Waals surface area (Å²) < 4.78 is 24.8. The van der Waals surface area contributed by atoms with Crippen molar-refractivity contribution in [1.82, 2.24) is 0 Å². The third kappa shape index (κ3) is 3.76. The summed E-state index contributed by atoms with van der Waals surface area (Å²) in [6, 6.07) is 5.94. The fourth-order valence-electron chi connectivity index (χ4n) is 3.21. The number of fused-ring (bicyclic) bond motifs is 1. The lowest BCUT2D eigenvalue weighted by atomic mass is 10.0. The van der Waals surface area contributed by atoms with E-state index in [4.69, 9.17) is 21.1 Å². The molecule has 1 aliphatic rings. The Hall–Kier alpha value is -2.60. The zero-order chi connectivity index (χ0) is 19.7. The van der Waals surface area contributed by atoms with Crippen LogP contribution in [0.25, 0.3) is 0 Å². The van der Waals surface area contributed by atoms with Crippen LogP contribution in [-0.4, -0.2) is 25.4 Å². The second-order valence-electron chi connectivity index (χ2n) is 6.50. The van der Waals surface area contributed by atoms with Crippen LogP contribution in [0.1, 0.15) is 40.7 Å². The number of hydrogen-bond donors (Lipinski definition) is 1. The third-order valence-corrected chi connectivity index (χ3v) is 4.94. The molecule has 3 rings (SSSR count). The lowest BCUT2D eigenvalue weighted by Crippen LogP contribution is -2.21. The summed E-state index contributed by atoms with van der Waals surface area (Å²) in [6.45, 7) is 3.27. The molecule has 1 atom stereocenters. The number of aryl methyl sites for hydroxylation is 1. The van der Waals surface area contributed by atoms with Crippen LogP contribution >= 0.6 is 11.6 Å². The molecule has 2 aromatic rings. The molecule has 0 aliphatic heterocycles. The summed E-state index contributed by atoms with van der Waals surface area (Å²) in [5.74, 6) is -0.609. The fourth-order valence-corrected chi connectivity index (χ4v) is 3.36. The van der Waals surface area contributed by atoms with Crippen LogP contribution in [0.15, 0.2) is 24.3 Å². The minimum absolute atomic E-state index is 0.178. The van der Waals surface area contributed by atoms with E-state index in [1.54, 1.807) is 19.1 Å². The average Bonchev–Trinajstić information content (AvgIpc) is 2.93. The maximum Gasteiger partial charge on any atom is 0.262 e. The summed E-state index contributed by atoms with van der Waals surface area (Å²) in [5.41, 5.74) is 1.83. The average molecular weight is 392 g/mol. The second kappa shape index (κ2) is 7.56. The van der Waals surface area contributed by atoms with Gasteiger partial charge < -0.3 is 14.8 Å². The zero-order valence-corrected chi connectivity index (χ0v) is 15.9. The normalized spacial score (nSPS) is 15.4. The van der Waals surface area contributed by atoms with Gasteiger partial charge in [0.2, 0.25) is 0 Å². The Morgan fingerprint density at radius 1 is 1.33 bits per heavy atom. The van der Waals surface area contributed by atoms with Gasteiger partial charge in [-0.25, -0.2) is 4.39 Å². The highest BCUT2D eigenvalue weighted by molar-refractivity contribution is 6.31. The smallest absolute Gasteiger partial charge is 0.262 e. The van der Waals surface area contributed by atoms with E-state index < -0.39 is 11.7 Å². The molecule has 1 aliphatic carbocycles. The number of halogens is 2. The molecule has 5 nitrogen and oxygen atoms in total. The predicted molar refractivity (Wildman–Crippen MR) is 101 cm³/mol. The largest absolute Gasteiger partial charge is 0.495 e. The zero-order valence-electron chi connectivity index (χ0n) is 15.2. The van der Waals surface area contributed by atoms with Crippen LogP contribution in [0, 0.1) is 12.7 Å². The van der Waals surface area contributed by atoms with Gasteiger partial charge >= 0.3 is 0 Å². The molecule has 0 saturated carbocycles. The van der Waals surface area contributed by atoms with Crippen molar-refractivity contribution >= 4 is 29.0 Å². The Morgan fingerprint density at radius 2 is 2.07 bits per heavy atom. The maximum absolute atomic E-state index is 14.0. The number of benzene rings is 2. The van der Waals surface area contributed by atoms with E-state index in [1.165, 1.54) is 19.2 Å². The van der Waals surface area contributed by atoms with E-state index in [2.05, 4.69) is 5.32 Å². The topological polar surface area (TPSA) is 64.6 Å². The number of carbonyl (C=O) groups excluding carboxylic acids is 2. The summed E-state index contributed by atoms with van der Waals surface area (Å²) in [6.07, 6.45) is 0.236. The number of amides is 1. The molecule has 1 amide bonds.